The number of carbonyl (C=O) groups excluding carboxylic acids is 1. The molecular weight excluding hydrogens is 284 g/mol. The first-order valence-corrected chi connectivity index (χ1v) is 7.74. The molecule has 2 unspecified atom stereocenters. The molecule has 3 N–H and O–H groups in total. The molecule has 2 aliphatic carbocycles. The molecule has 2 aliphatic rings. The molecule has 1 aromatic carbocycles. The smallest absolute Gasteiger partial charge is 0.228 e. The molecule has 21 heavy (non-hydrogen) atoms. The molecule has 116 valence electrons. The highest BCUT2D eigenvalue weighted by Crippen LogP contribution is 2.40. The summed E-state index contributed by atoms with van der Waals surface area (Å²) < 4.78 is 0. The quantitative estimate of drug-likeness (QED) is 0.898. The zero-order valence-corrected chi connectivity index (χ0v) is 13.4. The minimum atomic E-state index is -0.219. The van der Waals surface area contributed by atoms with E-state index in [-0.39, 0.29) is 29.8 Å². The largest absolute Gasteiger partial charge is 0.349 e. The van der Waals surface area contributed by atoms with E-state index in [2.05, 4.69) is 30.4 Å². The van der Waals surface area contributed by atoms with E-state index >= 15 is 0 Å². The second kappa shape index (κ2) is 6.37. The highest BCUT2D eigenvalue weighted by molar-refractivity contribution is 5.85. The van der Waals surface area contributed by atoms with Crippen LogP contribution in [-0.4, -0.2) is 18.0 Å². The Labute approximate surface area is 133 Å². The Morgan fingerprint density at radius 1 is 1.33 bits per heavy atom. The Hall–Kier alpha value is -1.06. The van der Waals surface area contributed by atoms with Gasteiger partial charge in [0.25, 0.3) is 0 Å². The van der Waals surface area contributed by atoms with Gasteiger partial charge in [0.05, 0.1) is 11.5 Å². The Kier molecular flexibility index (Phi) is 4.95. The van der Waals surface area contributed by atoms with Gasteiger partial charge in [-0.25, -0.2) is 0 Å². The van der Waals surface area contributed by atoms with Crippen molar-refractivity contribution in [2.75, 3.05) is 6.54 Å². The molecule has 0 radical (unpaired) electrons. The number of halogens is 1. The number of aryl methyl sites for hydroxylation is 1. The van der Waals surface area contributed by atoms with E-state index in [4.69, 9.17) is 5.73 Å². The monoisotopic (exact) mass is 308 g/mol. The van der Waals surface area contributed by atoms with Crippen molar-refractivity contribution in [2.24, 2.45) is 11.7 Å². The fraction of sp³-hybridized carbons (Fsp3) is 0.588. The summed E-state index contributed by atoms with van der Waals surface area (Å²) in [5.74, 6) is 0.733. The lowest BCUT2D eigenvalue weighted by Gasteiger charge is -2.33. The lowest BCUT2D eigenvalue weighted by Crippen LogP contribution is -2.54. The highest BCUT2D eigenvalue weighted by Gasteiger charge is 2.42. The van der Waals surface area contributed by atoms with Crippen molar-refractivity contribution in [1.29, 1.82) is 0 Å². The minimum Gasteiger partial charge on any atom is -0.349 e. The normalized spacial score (nSPS) is 23.4. The summed E-state index contributed by atoms with van der Waals surface area (Å²) in [6.07, 6.45) is 5.52. The summed E-state index contributed by atoms with van der Waals surface area (Å²) >= 11 is 0. The van der Waals surface area contributed by atoms with Gasteiger partial charge in [-0.1, -0.05) is 24.3 Å². The molecule has 3 nitrogen and oxygen atoms in total. The third kappa shape index (κ3) is 3.24. The van der Waals surface area contributed by atoms with Gasteiger partial charge in [-0.05, 0) is 56.1 Å². The third-order valence-electron chi connectivity index (χ3n) is 5.00. The Morgan fingerprint density at radius 3 is 2.71 bits per heavy atom. The zero-order chi connectivity index (χ0) is 14.2. The summed E-state index contributed by atoms with van der Waals surface area (Å²) in [5.41, 5.74) is 8.23. The highest BCUT2D eigenvalue weighted by atomic mass is 35.5. The van der Waals surface area contributed by atoms with Crippen LogP contribution in [0.4, 0.5) is 0 Å². The van der Waals surface area contributed by atoms with E-state index in [1.165, 1.54) is 24.0 Å². The number of amides is 1. The van der Waals surface area contributed by atoms with E-state index in [1.807, 2.05) is 6.07 Å². The molecule has 1 amide bonds. The van der Waals surface area contributed by atoms with Crippen LogP contribution in [0.2, 0.25) is 0 Å². The molecule has 0 spiro atoms. The molecule has 0 aliphatic heterocycles. The molecule has 1 fully saturated rings. The number of carbonyl (C=O) groups is 1. The SMILES string of the molecule is CC(CN)(NC(=O)C1CCCc2ccccc21)C1CC1.Cl. The van der Waals surface area contributed by atoms with Gasteiger partial charge >= 0.3 is 0 Å². The average Bonchev–Trinajstić information content (AvgIpc) is 3.31. The van der Waals surface area contributed by atoms with Crippen LogP contribution in [0.15, 0.2) is 24.3 Å². The van der Waals surface area contributed by atoms with Crippen molar-refractivity contribution < 1.29 is 4.79 Å². The second-order valence-electron chi connectivity index (χ2n) is 6.53. The first-order valence-electron chi connectivity index (χ1n) is 7.74. The van der Waals surface area contributed by atoms with Gasteiger partial charge in [-0.3, -0.25) is 4.79 Å². The van der Waals surface area contributed by atoms with Crippen LogP contribution >= 0.6 is 12.4 Å². The molecule has 0 saturated heterocycles. The van der Waals surface area contributed by atoms with Crippen molar-refractivity contribution in [1.82, 2.24) is 5.32 Å². The predicted molar refractivity (Wildman–Crippen MR) is 87.7 cm³/mol. The summed E-state index contributed by atoms with van der Waals surface area (Å²) in [4.78, 5) is 12.7. The van der Waals surface area contributed by atoms with Crippen LogP contribution in [0.5, 0.6) is 0 Å². The molecule has 0 bridgehead atoms. The maximum absolute atomic E-state index is 12.7. The molecular formula is C17H25ClN2O. The second-order valence-corrected chi connectivity index (χ2v) is 6.53. The molecule has 4 heteroatoms. The van der Waals surface area contributed by atoms with Gasteiger partial charge in [-0.15, -0.1) is 12.4 Å². The van der Waals surface area contributed by atoms with E-state index in [1.54, 1.807) is 0 Å². The summed E-state index contributed by atoms with van der Waals surface area (Å²) in [6.45, 7) is 2.62. The van der Waals surface area contributed by atoms with E-state index < -0.39 is 0 Å². The van der Waals surface area contributed by atoms with Gasteiger partial charge in [0.15, 0.2) is 0 Å². The average molecular weight is 309 g/mol. The molecule has 1 aromatic rings. The van der Waals surface area contributed by atoms with Crippen molar-refractivity contribution >= 4 is 18.3 Å². The van der Waals surface area contributed by atoms with Crippen molar-refractivity contribution in [2.45, 2.75) is 50.5 Å². The number of benzene rings is 1. The van der Waals surface area contributed by atoms with Crippen LogP contribution in [0.25, 0.3) is 0 Å². The fourth-order valence-electron chi connectivity index (χ4n) is 3.44. The van der Waals surface area contributed by atoms with Crippen molar-refractivity contribution in [3.8, 4) is 0 Å². The molecule has 0 aromatic heterocycles. The predicted octanol–water partition coefficient (Wildman–Crippen LogP) is 2.77. The number of nitrogens with one attached hydrogen (secondary N) is 1. The van der Waals surface area contributed by atoms with Gasteiger partial charge in [-0.2, -0.15) is 0 Å². The van der Waals surface area contributed by atoms with Gasteiger partial charge in [0.2, 0.25) is 5.91 Å². The standard InChI is InChI=1S/C17H24N2O.ClH/c1-17(11-18,13-9-10-13)19-16(20)15-8-4-6-12-5-2-3-7-14(12)15;/h2-3,5,7,13,15H,4,6,8-11,18H2,1H3,(H,19,20);1H. The van der Waals surface area contributed by atoms with E-state index in [0.717, 1.165) is 19.3 Å². The van der Waals surface area contributed by atoms with Gasteiger partial charge in [0, 0.05) is 6.54 Å². The number of hydrogen-bond donors (Lipinski definition) is 2. The molecule has 0 heterocycles. The third-order valence-corrected chi connectivity index (χ3v) is 5.00. The van der Waals surface area contributed by atoms with E-state index in [9.17, 15) is 4.79 Å². The molecule has 1 saturated carbocycles. The Bertz CT molecular complexity index is 515. The maximum atomic E-state index is 12.7. The van der Waals surface area contributed by atoms with Crippen molar-refractivity contribution in [3.63, 3.8) is 0 Å². The first kappa shape index (κ1) is 16.3. The van der Waals surface area contributed by atoms with Gasteiger partial charge < -0.3 is 11.1 Å². The van der Waals surface area contributed by atoms with Crippen LogP contribution < -0.4 is 11.1 Å². The molecule has 3 rings (SSSR count). The number of nitrogens with two attached hydrogens (primary N) is 1. The van der Waals surface area contributed by atoms with Crippen LogP contribution in [0, 0.1) is 5.92 Å². The Balaban J connectivity index is 0.00000161. The number of fused-ring (bicyclic) bond motifs is 1. The number of hydrogen-bond acceptors (Lipinski definition) is 2. The summed E-state index contributed by atoms with van der Waals surface area (Å²) in [5, 5.41) is 3.25. The lowest BCUT2D eigenvalue weighted by molar-refractivity contribution is -0.124. The van der Waals surface area contributed by atoms with Crippen LogP contribution in [-0.2, 0) is 11.2 Å². The van der Waals surface area contributed by atoms with Gasteiger partial charge in [0.1, 0.15) is 0 Å². The topological polar surface area (TPSA) is 55.1 Å². The minimum absolute atomic E-state index is 0. The summed E-state index contributed by atoms with van der Waals surface area (Å²) in [7, 11) is 0. The summed E-state index contributed by atoms with van der Waals surface area (Å²) in [6, 6.07) is 8.36. The van der Waals surface area contributed by atoms with Crippen LogP contribution in [0.1, 0.15) is 49.7 Å². The maximum Gasteiger partial charge on any atom is 0.228 e. The number of rotatable bonds is 4. The van der Waals surface area contributed by atoms with E-state index in [0.29, 0.717) is 12.5 Å². The Morgan fingerprint density at radius 2 is 2.05 bits per heavy atom. The first-order chi connectivity index (χ1) is 9.64. The van der Waals surface area contributed by atoms with Crippen molar-refractivity contribution in [3.05, 3.63) is 35.4 Å². The fourth-order valence-corrected chi connectivity index (χ4v) is 3.44. The molecule has 2 atom stereocenters. The zero-order valence-electron chi connectivity index (χ0n) is 12.6. The lowest BCUT2D eigenvalue weighted by atomic mass is 9.81. The van der Waals surface area contributed by atoms with Crippen LogP contribution in [0.3, 0.4) is 0 Å².